The molecule has 3 rings (SSSR count). The highest BCUT2D eigenvalue weighted by molar-refractivity contribution is 6.03. The van der Waals surface area contributed by atoms with Gasteiger partial charge in [0.1, 0.15) is 5.75 Å². The predicted octanol–water partition coefficient (Wildman–Crippen LogP) is 2.21. The minimum atomic E-state index is -1.24. The number of aliphatic carboxylic acids is 1. The molecule has 6 heteroatoms. The van der Waals surface area contributed by atoms with E-state index in [2.05, 4.69) is 5.10 Å². The van der Waals surface area contributed by atoms with E-state index in [4.69, 9.17) is 4.74 Å². The van der Waals surface area contributed by atoms with Crippen molar-refractivity contribution < 1.29 is 19.4 Å². The van der Waals surface area contributed by atoms with Gasteiger partial charge in [-0.2, -0.15) is 5.10 Å². The lowest BCUT2D eigenvalue weighted by molar-refractivity contribution is -0.305. The number of carbonyl (C=O) groups is 2. The zero-order valence-electron chi connectivity index (χ0n) is 15.3. The Bertz CT molecular complexity index is 857. The third kappa shape index (κ3) is 4.34. The summed E-state index contributed by atoms with van der Waals surface area (Å²) in [6.45, 7) is 2.00. The SMILES string of the molecule is COc1ccc(C2=NN(C(=O)CCC(=O)[O-])C(c3ccc(C)cc3)C2)cc1. The maximum atomic E-state index is 12.6. The molecule has 0 N–H and O–H groups in total. The highest BCUT2D eigenvalue weighted by atomic mass is 16.5. The number of carboxylic acid groups (broad SMARTS) is 1. The Labute approximate surface area is 158 Å². The molecule has 0 saturated heterocycles. The third-order valence-corrected chi connectivity index (χ3v) is 4.59. The predicted molar refractivity (Wildman–Crippen MR) is 99.2 cm³/mol. The van der Waals surface area contributed by atoms with Crippen molar-refractivity contribution in [2.75, 3.05) is 7.11 Å². The number of methoxy groups -OCH3 is 1. The average molecular weight is 365 g/mol. The molecule has 2 aromatic carbocycles. The average Bonchev–Trinajstić information content (AvgIpc) is 3.12. The standard InChI is InChI=1S/C21H22N2O4/c1-14-3-5-16(6-4-14)19-13-18(15-7-9-17(27-2)10-8-15)22-23(19)20(24)11-12-21(25)26/h3-10,19H,11-13H2,1-2H3,(H,25,26)/p-1. The number of carbonyl (C=O) groups excluding carboxylic acids is 2. The number of amides is 1. The molecular formula is C21H21N2O4-. The number of ether oxygens (including phenoxy) is 1. The quantitative estimate of drug-likeness (QED) is 0.786. The van der Waals surface area contributed by atoms with Gasteiger partial charge >= 0.3 is 0 Å². The molecule has 6 nitrogen and oxygen atoms in total. The molecule has 1 amide bonds. The number of rotatable bonds is 6. The molecule has 1 aliphatic rings. The second kappa shape index (κ2) is 8.03. The molecule has 0 fully saturated rings. The maximum Gasteiger partial charge on any atom is 0.243 e. The minimum Gasteiger partial charge on any atom is -0.550 e. The molecule has 0 saturated carbocycles. The van der Waals surface area contributed by atoms with Crippen LogP contribution in [0.15, 0.2) is 53.6 Å². The summed E-state index contributed by atoms with van der Waals surface area (Å²) in [6, 6.07) is 15.2. The van der Waals surface area contributed by atoms with Gasteiger partial charge in [0.15, 0.2) is 0 Å². The largest absolute Gasteiger partial charge is 0.550 e. The molecule has 1 aliphatic heterocycles. The van der Waals surface area contributed by atoms with Gasteiger partial charge in [-0.25, -0.2) is 5.01 Å². The van der Waals surface area contributed by atoms with Crippen LogP contribution in [0.2, 0.25) is 0 Å². The van der Waals surface area contributed by atoms with Crippen LogP contribution >= 0.6 is 0 Å². The van der Waals surface area contributed by atoms with Gasteiger partial charge in [-0.15, -0.1) is 0 Å². The molecule has 0 aromatic heterocycles. The Morgan fingerprint density at radius 3 is 2.37 bits per heavy atom. The first-order valence-electron chi connectivity index (χ1n) is 8.78. The second-order valence-electron chi connectivity index (χ2n) is 6.52. The number of hydrazone groups is 1. The lowest BCUT2D eigenvalue weighted by atomic mass is 9.97. The van der Waals surface area contributed by atoms with E-state index in [0.717, 1.165) is 28.2 Å². The van der Waals surface area contributed by atoms with Crippen molar-refractivity contribution in [3.8, 4) is 5.75 Å². The molecule has 0 bridgehead atoms. The van der Waals surface area contributed by atoms with E-state index in [1.165, 1.54) is 5.01 Å². The second-order valence-corrected chi connectivity index (χ2v) is 6.52. The lowest BCUT2D eigenvalue weighted by Crippen LogP contribution is -2.29. The van der Waals surface area contributed by atoms with Crippen molar-refractivity contribution >= 4 is 17.6 Å². The Morgan fingerprint density at radius 1 is 1.11 bits per heavy atom. The van der Waals surface area contributed by atoms with Crippen LogP contribution in [0.25, 0.3) is 0 Å². The number of carboxylic acids is 1. The number of nitrogens with zero attached hydrogens (tertiary/aromatic N) is 2. The van der Waals surface area contributed by atoms with Crippen LogP contribution in [0.1, 0.15) is 42.0 Å². The van der Waals surface area contributed by atoms with Crippen molar-refractivity contribution in [3.05, 3.63) is 65.2 Å². The zero-order valence-corrected chi connectivity index (χ0v) is 15.3. The first-order chi connectivity index (χ1) is 13.0. The molecule has 2 aromatic rings. The van der Waals surface area contributed by atoms with E-state index in [1.807, 2.05) is 55.5 Å². The smallest absolute Gasteiger partial charge is 0.243 e. The number of aryl methyl sites for hydroxylation is 1. The van der Waals surface area contributed by atoms with Gasteiger partial charge < -0.3 is 14.6 Å². The topological polar surface area (TPSA) is 82.0 Å². The summed E-state index contributed by atoms with van der Waals surface area (Å²) in [7, 11) is 1.60. The first kappa shape index (κ1) is 18.6. The van der Waals surface area contributed by atoms with E-state index in [0.29, 0.717) is 6.42 Å². The third-order valence-electron chi connectivity index (χ3n) is 4.59. The molecule has 1 atom stereocenters. The highest BCUT2D eigenvalue weighted by Gasteiger charge is 2.32. The summed E-state index contributed by atoms with van der Waals surface area (Å²) >= 11 is 0. The van der Waals surface area contributed by atoms with Crippen molar-refractivity contribution in [1.82, 2.24) is 5.01 Å². The van der Waals surface area contributed by atoms with Crippen LogP contribution < -0.4 is 9.84 Å². The van der Waals surface area contributed by atoms with Gasteiger partial charge in [0.25, 0.3) is 0 Å². The van der Waals surface area contributed by atoms with Crippen LogP contribution in [0.3, 0.4) is 0 Å². The van der Waals surface area contributed by atoms with Gasteiger partial charge in [0.05, 0.1) is 18.9 Å². The monoisotopic (exact) mass is 365 g/mol. The fourth-order valence-electron chi connectivity index (χ4n) is 3.07. The van der Waals surface area contributed by atoms with E-state index in [-0.39, 0.29) is 24.8 Å². The summed E-state index contributed by atoms with van der Waals surface area (Å²) in [5.41, 5.74) is 3.78. The fourth-order valence-corrected chi connectivity index (χ4v) is 3.07. The van der Waals surface area contributed by atoms with Crippen molar-refractivity contribution in [1.29, 1.82) is 0 Å². The van der Waals surface area contributed by atoms with Gasteiger partial charge in [-0.1, -0.05) is 29.8 Å². The van der Waals surface area contributed by atoms with Crippen LogP contribution in [0.4, 0.5) is 0 Å². The minimum absolute atomic E-state index is 0.135. The first-order valence-corrected chi connectivity index (χ1v) is 8.78. The number of benzene rings is 2. The summed E-state index contributed by atoms with van der Waals surface area (Å²) in [5, 5.41) is 16.7. The Balaban J connectivity index is 1.88. The summed E-state index contributed by atoms with van der Waals surface area (Å²) in [5.74, 6) is -0.823. The maximum absolute atomic E-state index is 12.6. The van der Waals surface area contributed by atoms with Gasteiger partial charge in [0.2, 0.25) is 5.91 Å². The van der Waals surface area contributed by atoms with Crippen LogP contribution in [0, 0.1) is 6.92 Å². The Hall–Kier alpha value is -3.15. The zero-order chi connectivity index (χ0) is 19.4. The highest BCUT2D eigenvalue weighted by Crippen LogP contribution is 2.33. The molecule has 0 spiro atoms. The molecule has 27 heavy (non-hydrogen) atoms. The van der Waals surface area contributed by atoms with Gasteiger partial charge in [-0.3, -0.25) is 4.79 Å². The summed E-state index contributed by atoms with van der Waals surface area (Å²) in [6.07, 6.45) is 0.111. The van der Waals surface area contributed by atoms with Crippen LogP contribution in [-0.4, -0.2) is 29.7 Å². The molecule has 0 aliphatic carbocycles. The summed E-state index contributed by atoms with van der Waals surface area (Å²) < 4.78 is 5.18. The van der Waals surface area contributed by atoms with Crippen molar-refractivity contribution in [2.24, 2.45) is 5.10 Å². The number of hydrogen-bond acceptors (Lipinski definition) is 5. The van der Waals surface area contributed by atoms with Crippen LogP contribution in [0.5, 0.6) is 5.75 Å². The van der Waals surface area contributed by atoms with E-state index in [1.54, 1.807) is 7.11 Å². The number of hydrogen-bond donors (Lipinski definition) is 0. The van der Waals surface area contributed by atoms with E-state index >= 15 is 0 Å². The summed E-state index contributed by atoms with van der Waals surface area (Å²) in [4.78, 5) is 23.3. The van der Waals surface area contributed by atoms with Crippen molar-refractivity contribution in [2.45, 2.75) is 32.2 Å². The van der Waals surface area contributed by atoms with Gasteiger partial charge in [-0.05, 0) is 48.7 Å². The normalized spacial score (nSPS) is 16.1. The Morgan fingerprint density at radius 2 is 1.78 bits per heavy atom. The Kier molecular flexibility index (Phi) is 5.54. The van der Waals surface area contributed by atoms with Gasteiger partial charge in [0, 0.05) is 18.8 Å². The molecular weight excluding hydrogens is 344 g/mol. The van der Waals surface area contributed by atoms with E-state index in [9.17, 15) is 14.7 Å². The van der Waals surface area contributed by atoms with E-state index < -0.39 is 5.97 Å². The van der Waals surface area contributed by atoms with Crippen LogP contribution in [-0.2, 0) is 9.59 Å². The molecule has 1 heterocycles. The fraction of sp³-hybridized carbons (Fsp3) is 0.286. The lowest BCUT2D eigenvalue weighted by Gasteiger charge is -2.22. The molecule has 0 radical (unpaired) electrons. The van der Waals surface area contributed by atoms with Crippen molar-refractivity contribution in [3.63, 3.8) is 0 Å². The molecule has 1 unspecified atom stereocenters. The molecule has 140 valence electrons.